The molecule has 0 saturated carbocycles. The van der Waals surface area contributed by atoms with Crippen molar-refractivity contribution in [3.8, 4) is 23.5 Å². The topological polar surface area (TPSA) is 104 Å². The first-order chi connectivity index (χ1) is 10.0. The van der Waals surface area contributed by atoms with Gasteiger partial charge < -0.3 is 19.3 Å². The Morgan fingerprint density at radius 1 is 1.19 bits per heavy atom. The number of aromatic nitrogens is 3. The van der Waals surface area contributed by atoms with Crippen LogP contribution in [0, 0.1) is 6.92 Å². The highest BCUT2D eigenvalue weighted by Crippen LogP contribution is 2.28. The number of carboxylic acids is 1. The summed E-state index contributed by atoms with van der Waals surface area (Å²) in [5.74, 6) is -0.672. The molecular formula is C13H13N3O5. The van der Waals surface area contributed by atoms with E-state index in [0.717, 1.165) is 0 Å². The number of nitrogens with zero attached hydrogens (tertiary/aromatic N) is 3. The Bertz CT molecular complexity index is 653. The van der Waals surface area contributed by atoms with Gasteiger partial charge in [0, 0.05) is 6.20 Å². The molecule has 0 aliphatic heterocycles. The number of aryl methyl sites for hydroxylation is 1. The summed E-state index contributed by atoms with van der Waals surface area (Å²) in [7, 11) is 2.87. The van der Waals surface area contributed by atoms with Gasteiger partial charge >= 0.3 is 12.0 Å². The molecule has 1 N–H and O–H groups in total. The minimum absolute atomic E-state index is 0.0697. The van der Waals surface area contributed by atoms with Gasteiger partial charge in [-0.2, -0.15) is 9.97 Å². The van der Waals surface area contributed by atoms with E-state index < -0.39 is 5.97 Å². The third-order valence-corrected chi connectivity index (χ3v) is 2.57. The molecule has 0 aliphatic carbocycles. The number of rotatable bonds is 5. The average molecular weight is 291 g/mol. The van der Waals surface area contributed by atoms with E-state index in [2.05, 4.69) is 15.0 Å². The molecule has 0 unspecified atom stereocenters. The van der Waals surface area contributed by atoms with Gasteiger partial charge in [0.15, 0.2) is 11.4 Å². The van der Waals surface area contributed by atoms with Crippen LogP contribution in [-0.2, 0) is 0 Å². The number of carbonyl (C=O) groups is 1. The lowest BCUT2D eigenvalue weighted by Crippen LogP contribution is -2.06. The summed E-state index contributed by atoms with van der Waals surface area (Å²) in [5.41, 5.74) is 0.369. The van der Waals surface area contributed by atoms with Crippen LogP contribution in [0.5, 0.6) is 23.5 Å². The number of methoxy groups -OCH3 is 2. The van der Waals surface area contributed by atoms with Crippen molar-refractivity contribution >= 4 is 5.97 Å². The lowest BCUT2D eigenvalue weighted by molar-refractivity contribution is 0.0687. The number of pyridine rings is 1. The van der Waals surface area contributed by atoms with Crippen LogP contribution in [0.25, 0.3) is 0 Å². The van der Waals surface area contributed by atoms with Crippen LogP contribution in [-0.4, -0.2) is 40.2 Å². The van der Waals surface area contributed by atoms with Crippen LogP contribution in [0.15, 0.2) is 18.3 Å². The summed E-state index contributed by atoms with van der Waals surface area (Å²) in [4.78, 5) is 22.9. The zero-order valence-electron chi connectivity index (χ0n) is 11.7. The van der Waals surface area contributed by atoms with Gasteiger partial charge in [0.25, 0.3) is 0 Å². The summed E-state index contributed by atoms with van der Waals surface area (Å²) in [6, 6.07) is 3.00. The first kappa shape index (κ1) is 14.5. The predicted molar refractivity (Wildman–Crippen MR) is 71.1 cm³/mol. The van der Waals surface area contributed by atoms with Gasteiger partial charge in [-0.3, -0.25) is 0 Å². The molecule has 8 nitrogen and oxygen atoms in total. The van der Waals surface area contributed by atoms with Crippen molar-refractivity contribution in [1.82, 2.24) is 15.0 Å². The minimum Gasteiger partial charge on any atom is -0.481 e. The number of hydrogen-bond donors (Lipinski definition) is 1. The van der Waals surface area contributed by atoms with Gasteiger partial charge in [0.05, 0.1) is 20.3 Å². The van der Waals surface area contributed by atoms with E-state index >= 15 is 0 Å². The molecule has 21 heavy (non-hydrogen) atoms. The van der Waals surface area contributed by atoms with Gasteiger partial charge in [-0.05, 0) is 18.6 Å². The number of carboxylic acid groups (broad SMARTS) is 1. The predicted octanol–water partition coefficient (Wildman–Crippen LogP) is 1.69. The van der Waals surface area contributed by atoms with Gasteiger partial charge in [0.1, 0.15) is 0 Å². The third kappa shape index (κ3) is 3.16. The maximum Gasteiger partial charge on any atom is 0.358 e. The van der Waals surface area contributed by atoms with Crippen molar-refractivity contribution in [3.05, 3.63) is 29.6 Å². The first-order valence-corrected chi connectivity index (χ1v) is 5.89. The van der Waals surface area contributed by atoms with Gasteiger partial charge in [-0.15, -0.1) is 0 Å². The minimum atomic E-state index is -1.21. The van der Waals surface area contributed by atoms with Crippen molar-refractivity contribution < 1.29 is 24.1 Å². The molecule has 2 rings (SSSR count). The summed E-state index contributed by atoms with van der Waals surface area (Å²) >= 11 is 0. The Balaban J connectivity index is 2.45. The van der Waals surface area contributed by atoms with E-state index in [1.165, 1.54) is 26.5 Å². The lowest BCUT2D eigenvalue weighted by atomic mass is 10.2. The van der Waals surface area contributed by atoms with E-state index in [1.54, 1.807) is 13.0 Å². The number of ether oxygens (including phenoxy) is 3. The summed E-state index contributed by atoms with van der Waals surface area (Å²) < 4.78 is 15.5. The molecule has 0 aliphatic rings. The zero-order chi connectivity index (χ0) is 15.4. The van der Waals surface area contributed by atoms with Crippen LogP contribution in [0.1, 0.15) is 16.1 Å². The largest absolute Gasteiger partial charge is 0.481 e. The maximum absolute atomic E-state index is 11.2. The van der Waals surface area contributed by atoms with Gasteiger partial charge in [-0.25, -0.2) is 9.78 Å². The average Bonchev–Trinajstić information content (AvgIpc) is 2.48. The van der Waals surface area contributed by atoms with Gasteiger partial charge in [-0.1, -0.05) is 0 Å². The molecule has 0 spiro atoms. The Morgan fingerprint density at radius 3 is 2.33 bits per heavy atom. The molecule has 0 fully saturated rings. The van der Waals surface area contributed by atoms with Crippen LogP contribution < -0.4 is 14.2 Å². The van der Waals surface area contributed by atoms with E-state index in [9.17, 15) is 4.79 Å². The summed E-state index contributed by atoms with van der Waals surface area (Å²) in [5, 5.41) is 9.14. The molecule has 8 heteroatoms. The summed E-state index contributed by atoms with van der Waals surface area (Å²) in [6.45, 7) is 1.70. The standard InChI is InChI=1S/C13H13N3O5/c1-7-4-5-14-10(12(17)18)11(7)21-13-15-8(19-2)6-9(16-13)20-3/h4-6H,1-3H3,(H,17,18). The van der Waals surface area contributed by atoms with Crippen molar-refractivity contribution in [1.29, 1.82) is 0 Å². The number of hydrogen-bond acceptors (Lipinski definition) is 7. The van der Waals surface area contributed by atoms with Gasteiger partial charge in [0.2, 0.25) is 11.8 Å². The quantitative estimate of drug-likeness (QED) is 0.887. The fraction of sp³-hybridized carbons (Fsp3) is 0.231. The monoisotopic (exact) mass is 291 g/mol. The molecule has 2 heterocycles. The Kier molecular flexibility index (Phi) is 4.17. The highest BCUT2D eigenvalue weighted by Gasteiger charge is 2.18. The lowest BCUT2D eigenvalue weighted by Gasteiger charge is -2.10. The molecule has 0 saturated heterocycles. The second-order valence-electron chi connectivity index (χ2n) is 3.95. The second-order valence-corrected chi connectivity index (χ2v) is 3.95. The maximum atomic E-state index is 11.2. The molecule has 0 radical (unpaired) electrons. The molecule has 0 amide bonds. The van der Waals surface area contributed by atoms with E-state index in [-0.39, 0.29) is 29.2 Å². The Labute approximate surface area is 120 Å². The molecule has 2 aromatic rings. The van der Waals surface area contributed by atoms with Crippen LogP contribution >= 0.6 is 0 Å². The Morgan fingerprint density at radius 2 is 1.81 bits per heavy atom. The third-order valence-electron chi connectivity index (χ3n) is 2.57. The second kappa shape index (κ2) is 6.04. The van der Waals surface area contributed by atoms with Crippen LogP contribution in [0.2, 0.25) is 0 Å². The van der Waals surface area contributed by atoms with Crippen molar-refractivity contribution in [2.75, 3.05) is 14.2 Å². The van der Waals surface area contributed by atoms with Crippen LogP contribution in [0.3, 0.4) is 0 Å². The number of aromatic carboxylic acids is 1. The Hall–Kier alpha value is -2.90. The first-order valence-electron chi connectivity index (χ1n) is 5.89. The molecule has 0 bridgehead atoms. The van der Waals surface area contributed by atoms with E-state index in [1.807, 2.05) is 0 Å². The smallest absolute Gasteiger partial charge is 0.358 e. The molecule has 0 aromatic carbocycles. The molecular weight excluding hydrogens is 278 g/mol. The van der Waals surface area contributed by atoms with Crippen LogP contribution in [0.4, 0.5) is 0 Å². The molecule has 110 valence electrons. The van der Waals surface area contributed by atoms with E-state index in [0.29, 0.717) is 5.56 Å². The zero-order valence-corrected chi connectivity index (χ0v) is 11.7. The molecule has 2 aromatic heterocycles. The highest BCUT2D eigenvalue weighted by molar-refractivity contribution is 5.89. The van der Waals surface area contributed by atoms with E-state index in [4.69, 9.17) is 19.3 Å². The SMILES string of the molecule is COc1cc(OC)nc(Oc2c(C)ccnc2C(=O)O)n1. The van der Waals surface area contributed by atoms with Crippen molar-refractivity contribution in [2.45, 2.75) is 6.92 Å². The van der Waals surface area contributed by atoms with Crippen molar-refractivity contribution in [3.63, 3.8) is 0 Å². The van der Waals surface area contributed by atoms with Crippen molar-refractivity contribution in [2.24, 2.45) is 0 Å². The fourth-order valence-corrected chi connectivity index (χ4v) is 1.56. The fourth-order valence-electron chi connectivity index (χ4n) is 1.56. The molecule has 0 atom stereocenters. The normalized spacial score (nSPS) is 10.0. The summed E-state index contributed by atoms with van der Waals surface area (Å²) in [6.07, 6.45) is 1.39. The highest BCUT2D eigenvalue weighted by atomic mass is 16.5.